The Morgan fingerprint density at radius 2 is 2.31 bits per heavy atom. The van der Waals surface area contributed by atoms with Gasteiger partial charge in [0.2, 0.25) is 0 Å². The predicted molar refractivity (Wildman–Crippen MR) is 52.9 cm³/mol. The van der Waals surface area contributed by atoms with Gasteiger partial charge in [-0.25, -0.2) is 0 Å². The van der Waals surface area contributed by atoms with E-state index >= 15 is 0 Å². The first-order valence-electron chi connectivity index (χ1n) is 4.22. The molecule has 0 radical (unpaired) electrons. The number of ketones is 1. The third kappa shape index (κ3) is 2.25. The quantitative estimate of drug-likeness (QED) is 0.521. The fourth-order valence-electron chi connectivity index (χ4n) is 1.04. The van der Waals surface area contributed by atoms with Gasteiger partial charge in [-0.2, -0.15) is 0 Å². The molecule has 13 heavy (non-hydrogen) atoms. The highest BCUT2D eigenvalue weighted by atomic mass is 16.1. The van der Waals surface area contributed by atoms with Crippen molar-refractivity contribution in [3.63, 3.8) is 0 Å². The Labute approximate surface area is 78.3 Å². The van der Waals surface area contributed by atoms with Crippen molar-refractivity contribution in [1.82, 2.24) is 4.98 Å². The van der Waals surface area contributed by atoms with Crippen LogP contribution in [0.25, 0.3) is 0 Å². The fourth-order valence-corrected chi connectivity index (χ4v) is 1.04. The van der Waals surface area contributed by atoms with E-state index in [4.69, 9.17) is 0 Å². The topological polar surface area (TPSA) is 30.0 Å². The Kier molecular flexibility index (Phi) is 2.96. The Bertz CT molecular complexity index is 342. The van der Waals surface area contributed by atoms with Crippen molar-refractivity contribution in [3.05, 3.63) is 41.7 Å². The van der Waals surface area contributed by atoms with Crippen LogP contribution in [0.5, 0.6) is 0 Å². The molecule has 0 saturated heterocycles. The van der Waals surface area contributed by atoms with Crippen molar-refractivity contribution in [2.24, 2.45) is 0 Å². The largest absolute Gasteiger partial charge is 0.294 e. The maximum absolute atomic E-state index is 11.4. The van der Waals surface area contributed by atoms with E-state index in [-0.39, 0.29) is 5.78 Å². The SMILES string of the molecule is C=CCC(=O)c1cnc(C)c(C)c1. The Morgan fingerprint density at radius 3 is 2.85 bits per heavy atom. The molecule has 1 heterocycles. The lowest BCUT2D eigenvalue weighted by atomic mass is 10.1. The summed E-state index contributed by atoms with van der Waals surface area (Å²) in [5.74, 6) is 0.0746. The molecule has 0 N–H and O–H groups in total. The third-order valence-corrected chi connectivity index (χ3v) is 1.99. The van der Waals surface area contributed by atoms with Crippen molar-refractivity contribution < 1.29 is 4.79 Å². The molecule has 0 aliphatic carbocycles. The molecular formula is C11H13NO. The molecule has 68 valence electrons. The molecule has 0 unspecified atom stereocenters. The van der Waals surface area contributed by atoms with Gasteiger partial charge in [0.25, 0.3) is 0 Å². The molecular weight excluding hydrogens is 162 g/mol. The van der Waals surface area contributed by atoms with Crippen LogP contribution in [-0.4, -0.2) is 10.8 Å². The smallest absolute Gasteiger partial charge is 0.168 e. The van der Waals surface area contributed by atoms with Gasteiger partial charge in [-0.15, -0.1) is 6.58 Å². The molecule has 2 nitrogen and oxygen atoms in total. The van der Waals surface area contributed by atoms with Crippen molar-refractivity contribution in [3.8, 4) is 0 Å². The zero-order chi connectivity index (χ0) is 9.84. The molecule has 0 aromatic carbocycles. The van der Waals surface area contributed by atoms with E-state index in [1.54, 1.807) is 12.3 Å². The number of hydrogen-bond acceptors (Lipinski definition) is 2. The number of carbonyl (C=O) groups excluding carboxylic acids is 1. The third-order valence-electron chi connectivity index (χ3n) is 1.99. The monoisotopic (exact) mass is 175 g/mol. The average molecular weight is 175 g/mol. The van der Waals surface area contributed by atoms with Crippen molar-refractivity contribution >= 4 is 5.78 Å². The molecule has 1 aromatic heterocycles. The molecule has 0 saturated carbocycles. The molecule has 0 bridgehead atoms. The van der Waals surface area contributed by atoms with E-state index < -0.39 is 0 Å². The number of aryl methyl sites for hydroxylation is 2. The molecule has 1 aromatic rings. The maximum atomic E-state index is 11.4. The highest BCUT2D eigenvalue weighted by Crippen LogP contribution is 2.08. The molecule has 0 aliphatic heterocycles. The Hall–Kier alpha value is -1.44. The Morgan fingerprint density at radius 1 is 1.62 bits per heavy atom. The van der Waals surface area contributed by atoms with Crippen LogP contribution in [0.4, 0.5) is 0 Å². The van der Waals surface area contributed by atoms with E-state index in [1.807, 2.05) is 19.9 Å². The summed E-state index contributed by atoms with van der Waals surface area (Å²) in [5, 5.41) is 0. The summed E-state index contributed by atoms with van der Waals surface area (Å²) >= 11 is 0. The summed E-state index contributed by atoms with van der Waals surface area (Å²) in [6.45, 7) is 7.40. The average Bonchev–Trinajstić information content (AvgIpc) is 2.10. The summed E-state index contributed by atoms with van der Waals surface area (Å²) in [5.41, 5.74) is 2.69. The van der Waals surface area contributed by atoms with Crippen LogP contribution < -0.4 is 0 Å². The minimum Gasteiger partial charge on any atom is -0.294 e. The molecule has 0 spiro atoms. The van der Waals surface area contributed by atoms with E-state index in [9.17, 15) is 4.79 Å². The summed E-state index contributed by atoms with van der Waals surface area (Å²) in [6.07, 6.45) is 3.61. The van der Waals surface area contributed by atoms with E-state index in [0.29, 0.717) is 12.0 Å². The molecule has 2 heteroatoms. The first-order valence-corrected chi connectivity index (χ1v) is 4.22. The van der Waals surface area contributed by atoms with Crippen molar-refractivity contribution in [2.45, 2.75) is 20.3 Å². The van der Waals surface area contributed by atoms with Gasteiger partial charge < -0.3 is 0 Å². The summed E-state index contributed by atoms with van der Waals surface area (Å²) < 4.78 is 0. The van der Waals surface area contributed by atoms with E-state index in [0.717, 1.165) is 11.3 Å². The Balaban J connectivity index is 2.96. The fraction of sp³-hybridized carbons (Fsp3) is 0.273. The van der Waals surface area contributed by atoms with Gasteiger partial charge in [0.15, 0.2) is 5.78 Å². The summed E-state index contributed by atoms with van der Waals surface area (Å²) in [6, 6.07) is 1.87. The van der Waals surface area contributed by atoms with Crippen LogP contribution in [0, 0.1) is 13.8 Å². The predicted octanol–water partition coefficient (Wildman–Crippen LogP) is 2.46. The van der Waals surface area contributed by atoms with Crippen LogP contribution in [0.2, 0.25) is 0 Å². The van der Waals surface area contributed by atoms with Gasteiger partial charge in [-0.3, -0.25) is 9.78 Å². The number of Topliss-reactive ketones (excluding diaryl/α,β-unsaturated/α-hetero) is 1. The van der Waals surface area contributed by atoms with Crippen molar-refractivity contribution in [1.29, 1.82) is 0 Å². The van der Waals surface area contributed by atoms with Crippen LogP contribution in [0.1, 0.15) is 28.0 Å². The number of allylic oxidation sites excluding steroid dienone is 1. The number of hydrogen-bond donors (Lipinski definition) is 0. The molecule has 0 aliphatic rings. The lowest BCUT2D eigenvalue weighted by molar-refractivity contribution is 0.0995. The number of pyridine rings is 1. The van der Waals surface area contributed by atoms with Gasteiger partial charge in [-0.1, -0.05) is 6.08 Å². The highest BCUT2D eigenvalue weighted by molar-refractivity contribution is 5.96. The molecule has 0 atom stereocenters. The minimum atomic E-state index is 0.0746. The van der Waals surface area contributed by atoms with E-state index in [1.165, 1.54) is 0 Å². The lowest BCUT2D eigenvalue weighted by Crippen LogP contribution is -1.99. The van der Waals surface area contributed by atoms with E-state index in [2.05, 4.69) is 11.6 Å². The lowest BCUT2D eigenvalue weighted by Gasteiger charge is -2.01. The molecule has 0 fully saturated rings. The van der Waals surface area contributed by atoms with Gasteiger partial charge in [0.1, 0.15) is 0 Å². The standard InChI is InChI=1S/C11H13NO/c1-4-5-11(13)10-6-8(2)9(3)12-7-10/h4,6-7H,1,5H2,2-3H3. The van der Waals surface area contributed by atoms with Crippen LogP contribution >= 0.6 is 0 Å². The second-order valence-electron chi connectivity index (χ2n) is 3.04. The summed E-state index contributed by atoms with van der Waals surface area (Å²) in [7, 11) is 0. The maximum Gasteiger partial charge on any atom is 0.168 e. The second kappa shape index (κ2) is 3.99. The number of carbonyl (C=O) groups is 1. The normalized spacial score (nSPS) is 9.69. The number of nitrogens with zero attached hydrogens (tertiary/aromatic N) is 1. The zero-order valence-electron chi connectivity index (χ0n) is 8.00. The van der Waals surface area contributed by atoms with Crippen LogP contribution in [0.15, 0.2) is 24.9 Å². The van der Waals surface area contributed by atoms with Gasteiger partial charge in [0.05, 0.1) is 0 Å². The first kappa shape index (κ1) is 9.65. The van der Waals surface area contributed by atoms with Gasteiger partial charge in [0, 0.05) is 23.9 Å². The van der Waals surface area contributed by atoms with Gasteiger partial charge in [-0.05, 0) is 25.5 Å². The minimum absolute atomic E-state index is 0.0746. The number of rotatable bonds is 3. The van der Waals surface area contributed by atoms with Crippen LogP contribution in [0.3, 0.4) is 0 Å². The molecule has 0 amide bonds. The molecule has 1 rings (SSSR count). The first-order chi connectivity index (χ1) is 6.15. The van der Waals surface area contributed by atoms with Crippen molar-refractivity contribution in [2.75, 3.05) is 0 Å². The zero-order valence-corrected chi connectivity index (χ0v) is 8.00. The highest BCUT2D eigenvalue weighted by Gasteiger charge is 2.04. The number of aromatic nitrogens is 1. The second-order valence-corrected chi connectivity index (χ2v) is 3.04. The van der Waals surface area contributed by atoms with Gasteiger partial charge >= 0.3 is 0 Å². The summed E-state index contributed by atoms with van der Waals surface area (Å²) in [4.78, 5) is 15.5. The van der Waals surface area contributed by atoms with Crippen LogP contribution in [-0.2, 0) is 0 Å².